The van der Waals surface area contributed by atoms with E-state index in [-0.39, 0.29) is 13.0 Å². The number of likely N-dealkylation sites (N-methyl/N-ethyl adjacent to an activating group) is 1. The van der Waals surface area contributed by atoms with E-state index in [0.29, 0.717) is 10.6 Å². The standard InChI is InChI=1S/C13H17ClN2O5S/c1-16(22(2,20)21)8-12(17)15-11(7-13(18)19)9-3-5-10(14)6-4-9/h3-6,11H,7-8H2,1-2H3,(H,15,17)(H,18,19)/t11-/m0/s1. The van der Waals surface area contributed by atoms with E-state index in [1.165, 1.54) is 7.05 Å². The van der Waals surface area contributed by atoms with Crippen LogP contribution in [-0.2, 0) is 19.6 Å². The predicted molar refractivity (Wildman–Crippen MR) is 82.1 cm³/mol. The first-order valence-corrected chi connectivity index (χ1v) is 8.50. The van der Waals surface area contributed by atoms with Gasteiger partial charge in [0.1, 0.15) is 0 Å². The van der Waals surface area contributed by atoms with E-state index in [1.807, 2.05) is 0 Å². The first-order valence-electron chi connectivity index (χ1n) is 6.27. The molecule has 0 aliphatic rings. The van der Waals surface area contributed by atoms with E-state index in [2.05, 4.69) is 5.32 Å². The summed E-state index contributed by atoms with van der Waals surface area (Å²) in [6.45, 7) is -0.386. The number of carboxylic acid groups (broad SMARTS) is 1. The Labute approximate surface area is 133 Å². The number of rotatable bonds is 7. The van der Waals surface area contributed by atoms with Gasteiger partial charge in [0.15, 0.2) is 0 Å². The van der Waals surface area contributed by atoms with E-state index in [4.69, 9.17) is 16.7 Å². The van der Waals surface area contributed by atoms with Crippen LogP contribution in [0.3, 0.4) is 0 Å². The van der Waals surface area contributed by atoms with Crippen LogP contribution in [0.25, 0.3) is 0 Å². The third-order valence-corrected chi connectivity index (χ3v) is 4.43. The Kier molecular flexibility index (Phi) is 6.34. The summed E-state index contributed by atoms with van der Waals surface area (Å²) in [5.74, 6) is -1.68. The van der Waals surface area contributed by atoms with Crippen molar-refractivity contribution >= 4 is 33.5 Å². The van der Waals surface area contributed by atoms with E-state index in [1.54, 1.807) is 24.3 Å². The zero-order chi connectivity index (χ0) is 16.9. The zero-order valence-electron chi connectivity index (χ0n) is 12.1. The highest BCUT2D eigenvalue weighted by molar-refractivity contribution is 7.88. The van der Waals surface area contributed by atoms with E-state index in [0.717, 1.165) is 10.6 Å². The van der Waals surface area contributed by atoms with E-state index in [9.17, 15) is 18.0 Å². The molecule has 1 atom stereocenters. The summed E-state index contributed by atoms with van der Waals surface area (Å²) in [5.41, 5.74) is 0.571. The molecule has 1 aromatic carbocycles. The number of benzene rings is 1. The van der Waals surface area contributed by atoms with E-state index < -0.39 is 27.9 Å². The topological polar surface area (TPSA) is 104 Å². The number of hydrogen-bond acceptors (Lipinski definition) is 4. The summed E-state index contributed by atoms with van der Waals surface area (Å²) in [4.78, 5) is 22.8. The maximum absolute atomic E-state index is 11.9. The Hall–Kier alpha value is -1.64. The van der Waals surface area contributed by atoms with E-state index >= 15 is 0 Å². The fourth-order valence-corrected chi connectivity index (χ4v) is 2.16. The SMILES string of the molecule is CN(CC(=O)N[C@@H](CC(=O)O)c1ccc(Cl)cc1)S(C)(=O)=O. The van der Waals surface area contributed by atoms with Gasteiger partial charge in [0.25, 0.3) is 0 Å². The van der Waals surface area contributed by atoms with Gasteiger partial charge in [0.05, 0.1) is 25.3 Å². The Morgan fingerprint density at radius 1 is 1.32 bits per heavy atom. The van der Waals surface area contributed by atoms with Crippen molar-refractivity contribution in [1.29, 1.82) is 0 Å². The maximum atomic E-state index is 11.9. The van der Waals surface area contributed by atoms with Gasteiger partial charge in [0, 0.05) is 12.1 Å². The minimum absolute atomic E-state index is 0.323. The van der Waals surface area contributed by atoms with Gasteiger partial charge in [-0.25, -0.2) is 8.42 Å². The van der Waals surface area contributed by atoms with Crippen molar-refractivity contribution in [1.82, 2.24) is 9.62 Å². The number of amides is 1. The average Bonchev–Trinajstić information content (AvgIpc) is 2.37. The lowest BCUT2D eigenvalue weighted by atomic mass is 10.0. The van der Waals surface area contributed by atoms with Crippen molar-refractivity contribution in [2.45, 2.75) is 12.5 Å². The number of carbonyl (C=O) groups is 2. The first-order chi connectivity index (χ1) is 10.1. The molecule has 0 unspecified atom stereocenters. The molecule has 0 fully saturated rings. The molecule has 0 aromatic heterocycles. The Morgan fingerprint density at radius 3 is 2.32 bits per heavy atom. The lowest BCUT2D eigenvalue weighted by Gasteiger charge is -2.20. The molecule has 0 aliphatic heterocycles. The minimum Gasteiger partial charge on any atom is -0.481 e. The second-order valence-electron chi connectivity index (χ2n) is 4.79. The van der Waals surface area contributed by atoms with Gasteiger partial charge in [-0.15, -0.1) is 0 Å². The fraction of sp³-hybridized carbons (Fsp3) is 0.385. The fourth-order valence-electron chi connectivity index (χ4n) is 1.68. The monoisotopic (exact) mass is 348 g/mol. The highest BCUT2D eigenvalue weighted by Gasteiger charge is 2.21. The molecule has 0 bridgehead atoms. The first kappa shape index (κ1) is 18.4. The number of carbonyl (C=O) groups excluding carboxylic acids is 1. The molecule has 0 spiro atoms. The summed E-state index contributed by atoms with van der Waals surface area (Å²) in [7, 11) is -2.22. The molecule has 0 radical (unpaired) electrons. The number of hydrogen-bond donors (Lipinski definition) is 2. The third kappa shape index (κ3) is 6.00. The number of nitrogens with one attached hydrogen (secondary N) is 1. The highest BCUT2D eigenvalue weighted by Crippen LogP contribution is 2.19. The smallest absolute Gasteiger partial charge is 0.305 e. The summed E-state index contributed by atoms with van der Waals surface area (Å²) in [6.07, 6.45) is 0.657. The zero-order valence-corrected chi connectivity index (χ0v) is 13.7. The molecule has 1 amide bonds. The summed E-state index contributed by atoms with van der Waals surface area (Å²) >= 11 is 5.77. The third-order valence-electron chi connectivity index (χ3n) is 2.92. The summed E-state index contributed by atoms with van der Waals surface area (Å²) in [5, 5.41) is 11.9. The van der Waals surface area contributed by atoms with Gasteiger partial charge >= 0.3 is 5.97 Å². The van der Waals surface area contributed by atoms with Crippen LogP contribution in [0.1, 0.15) is 18.0 Å². The van der Waals surface area contributed by atoms with Crippen molar-refractivity contribution in [3.63, 3.8) is 0 Å². The number of halogens is 1. The van der Waals surface area contributed by atoms with Crippen LogP contribution < -0.4 is 5.32 Å². The van der Waals surface area contributed by atoms with Crippen molar-refractivity contribution < 1.29 is 23.1 Å². The Balaban J connectivity index is 2.83. The molecule has 0 saturated heterocycles. The molecule has 0 aliphatic carbocycles. The lowest BCUT2D eigenvalue weighted by Crippen LogP contribution is -2.39. The number of carboxylic acids is 1. The van der Waals surface area contributed by atoms with Crippen LogP contribution in [0.5, 0.6) is 0 Å². The number of nitrogens with zero attached hydrogens (tertiary/aromatic N) is 1. The van der Waals surface area contributed by atoms with Crippen molar-refractivity contribution in [2.75, 3.05) is 19.8 Å². The van der Waals surface area contributed by atoms with Gasteiger partial charge in [-0.05, 0) is 17.7 Å². The molecule has 1 aromatic rings. The van der Waals surface area contributed by atoms with Crippen LogP contribution in [-0.4, -0.2) is 49.6 Å². The van der Waals surface area contributed by atoms with Crippen LogP contribution in [0, 0.1) is 0 Å². The molecule has 0 saturated carbocycles. The maximum Gasteiger partial charge on any atom is 0.305 e. The molecule has 0 heterocycles. The van der Waals surface area contributed by atoms with Crippen LogP contribution in [0.4, 0.5) is 0 Å². The molecule has 22 heavy (non-hydrogen) atoms. The summed E-state index contributed by atoms with van der Waals surface area (Å²) < 4.78 is 23.4. The lowest BCUT2D eigenvalue weighted by molar-refractivity contribution is -0.137. The van der Waals surface area contributed by atoms with Crippen molar-refractivity contribution in [3.05, 3.63) is 34.9 Å². The molecular formula is C13H17ClN2O5S. The van der Waals surface area contributed by atoms with Gasteiger partial charge in [-0.2, -0.15) is 4.31 Å². The predicted octanol–water partition coefficient (Wildman–Crippen LogP) is 0.863. The molecule has 9 heteroatoms. The number of aliphatic carboxylic acids is 1. The van der Waals surface area contributed by atoms with Gasteiger partial charge < -0.3 is 10.4 Å². The van der Waals surface area contributed by atoms with Gasteiger partial charge in [-0.1, -0.05) is 23.7 Å². The van der Waals surface area contributed by atoms with Gasteiger partial charge in [-0.3, -0.25) is 9.59 Å². The minimum atomic E-state index is -3.49. The normalized spacial score (nSPS) is 12.9. The van der Waals surface area contributed by atoms with Crippen molar-refractivity contribution in [3.8, 4) is 0 Å². The van der Waals surface area contributed by atoms with Crippen molar-refractivity contribution in [2.24, 2.45) is 0 Å². The molecule has 122 valence electrons. The van der Waals surface area contributed by atoms with Crippen LogP contribution in [0.2, 0.25) is 5.02 Å². The largest absolute Gasteiger partial charge is 0.481 e. The summed E-state index contributed by atoms with van der Waals surface area (Å²) in [6, 6.07) is 5.61. The molecular weight excluding hydrogens is 332 g/mol. The molecule has 2 N–H and O–H groups in total. The molecule has 7 nitrogen and oxygen atoms in total. The molecule has 1 rings (SSSR count). The van der Waals surface area contributed by atoms with Gasteiger partial charge in [0.2, 0.25) is 15.9 Å². The second kappa shape index (κ2) is 7.57. The average molecular weight is 349 g/mol. The van der Waals surface area contributed by atoms with Crippen LogP contribution >= 0.6 is 11.6 Å². The van der Waals surface area contributed by atoms with Crippen LogP contribution in [0.15, 0.2) is 24.3 Å². The number of sulfonamides is 1. The Bertz CT molecular complexity index is 645. The second-order valence-corrected chi connectivity index (χ2v) is 7.31. The highest BCUT2D eigenvalue weighted by atomic mass is 35.5. The quantitative estimate of drug-likeness (QED) is 0.760. The Morgan fingerprint density at radius 2 is 1.86 bits per heavy atom.